The topological polar surface area (TPSA) is 60.5 Å². The Morgan fingerprint density at radius 3 is 2.62 bits per heavy atom. The van der Waals surface area contributed by atoms with Crippen LogP contribution in [-0.4, -0.2) is 18.0 Å². The number of aromatic nitrogens is 1. The average molecular weight is 352 g/mol. The van der Waals surface area contributed by atoms with Gasteiger partial charge in [0, 0.05) is 12.6 Å². The van der Waals surface area contributed by atoms with Gasteiger partial charge in [0.1, 0.15) is 22.9 Å². The number of halogens is 1. The van der Waals surface area contributed by atoms with Crippen LogP contribution < -0.4 is 14.8 Å². The molecule has 5 nitrogen and oxygen atoms in total. The molecule has 0 saturated heterocycles. The summed E-state index contributed by atoms with van der Waals surface area (Å²) < 4.78 is 24.4. The first-order valence-electron chi connectivity index (χ1n) is 7.95. The number of amides is 1. The van der Waals surface area contributed by atoms with Gasteiger partial charge in [0.05, 0.1) is 13.3 Å². The van der Waals surface area contributed by atoms with Crippen LogP contribution >= 0.6 is 0 Å². The second kappa shape index (κ2) is 8.11. The molecule has 1 N–H and O–H groups in total. The van der Waals surface area contributed by atoms with Crippen molar-refractivity contribution in [2.24, 2.45) is 0 Å². The summed E-state index contributed by atoms with van der Waals surface area (Å²) in [6.45, 7) is 0.314. The maximum Gasteiger partial charge on any atom is 0.257 e. The van der Waals surface area contributed by atoms with Gasteiger partial charge in [-0.05, 0) is 23.8 Å². The van der Waals surface area contributed by atoms with E-state index in [9.17, 15) is 9.18 Å². The minimum Gasteiger partial charge on any atom is -0.497 e. The van der Waals surface area contributed by atoms with Gasteiger partial charge in [0.25, 0.3) is 5.91 Å². The second-order valence-corrected chi connectivity index (χ2v) is 5.46. The van der Waals surface area contributed by atoms with E-state index in [0.717, 1.165) is 17.8 Å². The molecule has 0 spiro atoms. The number of methoxy groups -OCH3 is 1. The highest BCUT2D eigenvalue weighted by Crippen LogP contribution is 2.26. The highest BCUT2D eigenvalue weighted by Gasteiger charge is 2.16. The summed E-state index contributed by atoms with van der Waals surface area (Å²) in [7, 11) is 1.54. The molecule has 2 aromatic carbocycles. The highest BCUT2D eigenvalue weighted by atomic mass is 19.1. The summed E-state index contributed by atoms with van der Waals surface area (Å²) in [5.41, 5.74) is 0.948. The van der Waals surface area contributed by atoms with Gasteiger partial charge < -0.3 is 14.8 Å². The van der Waals surface area contributed by atoms with Crippen molar-refractivity contribution in [2.75, 3.05) is 7.11 Å². The standard InChI is InChI=1S/C20H17FN2O3/c1-25-16-8-5-9-17(11-16)26-20-18(10-15(21)13-23-20)19(24)22-12-14-6-3-2-4-7-14/h2-11,13H,12H2,1H3,(H,22,24). The van der Waals surface area contributed by atoms with Crippen LogP contribution in [0.1, 0.15) is 15.9 Å². The summed E-state index contributed by atoms with van der Waals surface area (Å²) in [6, 6.07) is 17.4. The van der Waals surface area contributed by atoms with Crippen molar-refractivity contribution < 1.29 is 18.7 Å². The third-order valence-electron chi connectivity index (χ3n) is 3.61. The number of pyridine rings is 1. The van der Waals surface area contributed by atoms with Crippen LogP contribution in [0.3, 0.4) is 0 Å². The van der Waals surface area contributed by atoms with Crippen LogP contribution in [0, 0.1) is 5.82 Å². The number of carbonyl (C=O) groups is 1. The third kappa shape index (κ3) is 4.36. The molecule has 0 aliphatic carbocycles. The summed E-state index contributed by atoms with van der Waals surface area (Å²) in [5, 5.41) is 2.74. The lowest BCUT2D eigenvalue weighted by atomic mass is 10.2. The zero-order valence-electron chi connectivity index (χ0n) is 14.1. The molecule has 0 atom stereocenters. The van der Waals surface area contributed by atoms with Crippen molar-refractivity contribution in [1.29, 1.82) is 0 Å². The number of carbonyl (C=O) groups excluding carboxylic acids is 1. The fourth-order valence-corrected chi connectivity index (χ4v) is 2.32. The number of hydrogen-bond acceptors (Lipinski definition) is 4. The van der Waals surface area contributed by atoms with Crippen molar-refractivity contribution in [3.05, 3.63) is 83.8 Å². The van der Waals surface area contributed by atoms with Crippen LogP contribution in [0.4, 0.5) is 4.39 Å². The number of hydrogen-bond donors (Lipinski definition) is 1. The molecule has 3 aromatic rings. The molecule has 0 aliphatic heterocycles. The van der Waals surface area contributed by atoms with Gasteiger partial charge in [-0.25, -0.2) is 9.37 Å². The molecule has 6 heteroatoms. The molecule has 132 valence electrons. The largest absolute Gasteiger partial charge is 0.497 e. The molecule has 0 saturated carbocycles. The van der Waals surface area contributed by atoms with Gasteiger partial charge in [-0.2, -0.15) is 0 Å². The minimum atomic E-state index is -0.618. The van der Waals surface area contributed by atoms with E-state index in [1.54, 1.807) is 24.3 Å². The van der Waals surface area contributed by atoms with Crippen molar-refractivity contribution >= 4 is 5.91 Å². The summed E-state index contributed by atoms with van der Waals surface area (Å²) in [5.74, 6) is -0.0444. The molecule has 0 radical (unpaired) electrons. The Morgan fingerprint density at radius 1 is 1.08 bits per heavy atom. The predicted octanol–water partition coefficient (Wildman–Crippen LogP) is 3.95. The Labute approximate surface area is 150 Å². The molecule has 0 aliphatic rings. The molecule has 1 aromatic heterocycles. The van der Waals surface area contributed by atoms with E-state index in [-0.39, 0.29) is 11.4 Å². The van der Waals surface area contributed by atoms with E-state index in [1.807, 2.05) is 30.3 Å². The zero-order valence-corrected chi connectivity index (χ0v) is 14.1. The van der Waals surface area contributed by atoms with Crippen molar-refractivity contribution in [3.63, 3.8) is 0 Å². The zero-order chi connectivity index (χ0) is 18.4. The molecule has 1 amide bonds. The van der Waals surface area contributed by atoms with Crippen LogP contribution in [0.5, 0.6) is 17.4 Å². The first kappa shape index (κ1) is 17.4. The van der Waals surface area contributed by atoms with E-state index >= 15 is 0 Å². The minimum absolute atomic E-state index is 0.0174. The lowest BCUT2D eigenvalue weighted by Crippen LogP contribution is -2.23. The van der Waals surface area contributed by atoms with Gasteiger partial charge >= 0.3 is 0 Å². The van der Waals surface area contributed by atoms with Crippen LogP contribution in [-0.2, 0) is 6.54 Å². The molecular weight excluding hydrogens is 335 g/mol. The second-order valence-electron chi connectivity index (χ2n) is 5.46. The molecule has 3 rings (SSSR count). The number of rotatable bonds is 6. The van der Waals surface area contributed by atoms with Crippen LogP contribution in [0.25, 0.3) is 0 Å². The lowest BCUT2D eigenvalue weighted by Gasteiger charge is -2.11. The fourth-order valence-electron chi connectivity index (χ4n) is 2.32. The first-order chi connectivity index (χ1) is 12.7. The Bertz CT molecular complexity index is 901. The smallest absolute Gasteiger partial charge is 0.257 e. The fraction of sp³-hybridized carbons (Fsp3) is 0.100. The van der Waals surface area contributed by atoms with Gasteiger partial charge in [-0.3, -0.25) is 4.79 Å². The van der Waals surface area contributed by atoms with Gasteiger partial charge in [0.15, 0.2) is 0 Å². The van der Waals surface area contributed by atoms with Crippen LogP contribution in [0.2, 0.25) is 0 Å². The van der Waals surface area contributed by atoms with E-state index in [4.69, 9.17) is 9.47 Å². The molecule has 1 heterocycles. The van der Waals surface area contributed by atoms with Gasteiger partial charge in [0.2, 0.25) is 5.88 Å². The maximum atomic E-state index is 13.6. The SMILES string of the molecule is COc1cccc(Oc2ncc(F)cc2C(=O)NCc2ccccc2)c1. The Hall–Kier alpha value is -3.41. The number of ether oxygens (including phenoxy) is 2. The molecular formula is C20H17FN2O3. The quantitative estimate of drug-likeness (QED) is 0.730. The third-order valence-corrected chi connectivity index (χ3v) is 3.61. The molecule has 26 heavy (non-hydrogen) atoms. The van der Waals surface area contributed by atoms with E-state index in [1.165, 1.54) is 7.11 Å². The first-order valence-corrected chi connectivity index (χ1v) is 7.95. The Kier molecular flexibility index (Phi) is 5.43. The highest BCUT2D eigenvalue weighted by molar-refractivity contribution is 5.96. The van der Waals surface area contributed by atoms with Gasteiger partial charge in [-0.15, -0.1) is 0 Å². The average Bonchev–Trinajstić information content (AvgIpc) is 2.68. The summed E-state index contributed by atoms with van der Waals surface area (Å²) in [6.07, 6.45) is 1.00. The van der Waals surface area contributed by atoms with E-state index < -0.39 is 11.7 Å². The lowest BCUT2D eigenvalue weighted by molar-refractivity contribution is 0.0947. The van der Waals surface area contributed by atoms with Crippen molar-refractivity contribution in [2.45, 2.75) is 6.54 Å². The van der Waals surface area contributed by atoms with E-state index in [0.29, 0.717) is 18.0 Å². The number of benzene rings is 2. The summed E-state index contributed by atoms with van der Waals surface area (Å²) >= 11 is 0. The van der Waals surface area contributed by atoms with E-state index in [2.05, 4.69) is 10.3 Å². The summed E-state index contributed by atoms with van der Waals surface area (Å²) in [4.78, 5) is 16.4. The van der Waals surface area contributed by atoms with Crippen molar-refractivity contribution in [1.82, 2.24) is 10.3 Å². The van der Waals surface area contributed by atoms with Crippen LogP contribution in [0.15, 0.2) is 66.9 Å². The Balaban J connectivity index is 1.79. The Morgan fingerprint density at radius 2 is 1.85 bits per heavy atom. The predicted molar refractivity (Wildman–Crippen MR) is 94.9 cm³/mol. The molecule has 0 fully saturated rings. The van der Waals surface area contributed by atoms with Gasteiger partial charge in [-0.1, -0.05) is 36.4 Å². The van der Waals surface area contributed by atoms with Crippen molar-refractivity contribution in [3.8, 4) is 17.4 Å². The molecule has 0 bridgehead atoms. The maximum absolute atomic E-state index is 13.6. The number of nitrogens with one attached hydrogen (secondary N) is 1. The normalized spacial score (nSPS) is 10.2. The molecule has 0 unspecified atom stereocenters. The number of nitrogens with zero attached hydrogens (tertiary/aromatic N) is 1. The monoisotopic (exact) mass is 352 g/mol.